The summed E-state index contributed by atoms with van der Waals surface area (Å²) in [5.41, 5.74) is 2.76. The molecule has 4 heteroatoms. The van der Waals surface area contributed by atoms with Gasteiger partial charge in [-0.3, -0.25) is 4.79 Å². The summed E-state index contributed by atoms with van der Waals surface area (Å²) in [7, 11) is 0. The third-order valence-corrected chi connectivity index (χ3v) is 2.37. The molecule has 66 valence electrons. The number of hydrogen-bond donors (Lipinski definition) is 1. The van der Waals surface area contributed by atoms with Crippen LogP contribution in [0.5, 0.6) is 0 Å². The van der Waals surface area contributed by atoms with Gasteiger partial charge in [-0.25, -0.2) is 4.98 Å². The Kier molecular flexibility index (Phi) is 3.22. The van der Waals surface area contributed by atoms with Crippen molar-refractivity contribution in [2.45, 2.75) is 19.8 Å². The first-order chi connectivity index (χ1) is 5.70. The van der Waals surface area contributed by atoms with Crippen LogP contribution < -0.4 is 0 Å². The van der Waals surface area contributed by atoms with E-state index in [0.29, 0.717) is 6.42 Å². The van der Waals surface area contributed by atoms with Crippen molar-refractivity contribution >= 4 is 17.3 Å². The standard InChI is InChI=1S/C8H11NO2S/c1-6(8(10)11)2-3-7-4-12-5-9-7/h4-6H,2-3H2,1H3,(H,10,11). The van der Waals surface area contributed by atoms with Crippen molar-refractivity contribution in [2.24, 2.45) is 5.92 Å². The van der Waals surface area contributed by atoms with Crippen LogP contribution in [0.4, 0.5) is 0 Å². The molecule has 0 spiro atoms. The maximum absolute atomic E-state index is 10.4. The molecule has 3 nitrogen and oxygen atoms in total. The second kappa shape index (κ2) is 4.21. The van der Waals surface area contributed by atoms with E-state index in [1.807, 2.05) is 5.38 Å². The van der Waals surface area contributed by atoms with Gasteiger partial charge in [0, 0.05) is 5.38 Å². The van der Waals surface area contributed by atoms with Crippen molar-refractivity contribution in [1.82, 2.24) is 4.98 Å². The Labute approximate surface area is 75.1 Å². The Morgan fingerprint density at radius 3 is 3.08 bits per heavy atom. The lowest BCUT2D eigenvalue weighted by atomic mass is 10.1. The third-order valence-electron chi connectivity index (χ3n) is 1.74. The number of aryl methyl sites for hydroxylation is 1. The first kappa shape index (κ1) is 9.19. The fraction of sp³-hybridized carbons (Fsp3) is 0.500. The highest BCUT2D eigenvalue weighted by molar-refractivity contribution is 7.07. The molecule has 0 aromatic carbocycles. The van der Waals surface area contributed by atoms with Crippen molar-refractivity contribution in [2.75, 3.05) is 0 Å². The summed E-state index contributed by atoms with van der Waals surface area (Å²) >= 11 is 1.54. The monoisotopic (exact) mass is 185 g/mol. The average Bonchev–Trinajstić information content (AvgIpc) is 2.51. The molecule has 0 saturated carbocycles. The predicted octanol–water partition coefficient (Wildman–Crippen LogP) is 1.80. The van der Waals surface area contributed by atoms with Crippen molar-refractivity contribution in [3.05, 3.63) is 16.6 Å². The molecule has 1 atom stereocenters. The number of aromatic nitrogens is 1. The normalized spacial score (nSPS) is 12.8. The lowest BCUT2D eigenvalue weighted by Crippen LogP contribution is -2.10. The number of thiazole rings is 1. The van der Waals surface area contributed by atoms with Crippen LogP contribution in [0.25, 0.3) is 0 Å². The van der Waals surface area contributed by atoms with Crippen LogP contribution in [-0.4, -0.2) is 16.1 Å². The Bertz CT molecular complexity index is 246. The van der Waals surface area contributed by atoms with E-state index in [1.165, 1.54) is 0 Å². The van der Waals surface area contributed by atoms with Gasteiger partial charge >= 0.3 is 5.97 Å². The largest absolute Gasteiger partial charge is 0.481 e. The second-order valence-corrected chi connectivity index (χ2v) is 3.48. The van der Waals surface area contributed by atoms with Crippen LogP contribution in [-0.2, 0) is 11.2 Å². The Morgan fingerprint density at radius 1 is 1.83 bits per heavy atom. The Balaban J connectivity index is 2.31. The van der Waals surface area contributed by atoms with Gasteiger partial charge in [0.15, 0.2) is 0 Å². The van der Waals surface area contributed by atoms with E-state index < -0.39 is 5.97 Å². The molecule has 0 aliphatic heterocycles. The molecule has 0 bridgehead atoms. The molecule has 0 amide bonds. The molecule has 12 heavy (non-hydrogen) atoms. The molecule has 1 rings (SSSR count). The first-order valence-corrected chi connectivity index (χ1v) is 4.74. The number of aliphatic carboxylic acids is 1. The maximum Gasteiger partial charge on any atom is 0.306 e. The lowest BCUT2D eigenvalue weighted by Gasteiger charge is -2.02. The molecule has 0 radical (unpaired) electrons. The maximum atomic E-state index is 10.4. The predicted molar refractivity (Wildman–Crippen MR) is 47.2 cm³/mol. The van der Waals surface area contributed by atoms with Crippen LogP contribution >= 0.6 is 11.3 Å². The molecule has 0 saturated heterocycles. The molecule has 1 aromatic rings. The van der Waals surface area contributed by atoms with Gasteiger partial charge in [0.25, 0.3) is 0 Å². The third kappa shape index (κ3) is 2.62. The van der Waals surface area contributed by atoms with E-state index >= 15 is 0 Å². The van der Waals surface area contributed by atoms with Gasteiger partial charge in [0.2, 0.25) is 0 Å². The van der Waals surface area contributed by atoms with E-state index in [4.69, 9.17) is 5.11 Å². The lowest BCUT2D eigenvalue weighted by molar-refractivity contribution is -0.141. The molecule has 1 aromatic heterocycles. The fourth-order valence-corrected chi connectivity index (χ4v) is 1.44. The summed E-state index contributed by atoms with van der Waals surface area (Å²) in [5.74, 6) is -1.00. The molecule has 1 unspecified atom stereocenters. The van der Waals surface area contributed by atoms with Crippen molar-refractivity contribution in [3.63, 3.8) is 0 Å². The van der Waals surface area contributed by atoms with Crippen molar-refractivity contribution in [3.8, 4) is 0 Å². The molecule has 0 aliphatic carbocycles. The molecular formula is C8H11NO2S. The number of hydrogen-bond acceptors (Lipinski definition) is 3. The Hall–Kier alpha value is -0.900. The smallest absolute Gasteiger partial charge is 0.306 e. The molecule has 0 fully saturated rings. The van der Waals surface area contributed by atoms with E-state index in [2.05, 4.69) is 4.98 Å². The summed E-state index contributed by atoms with van der Waals surface area (Å²) in [6.07, 6.45) is 1.43. The molecule has 1 heterocycles. The minimum absolute atomic E-state index is 0.272. The minimum atomic E-state index is -0.731. The van der Waals surface area contributed by atoms with E-state index in [1.54, 1.807) is 23.8 Å². The molecule has 0 aliphatic rings. The van der Waals surface area contributed by atoms with Gasteiger partial charge in [-0.2, -0.15) is 0 Å². The quantitative estimate of drug-likeness (QED) is 0.778. The van der Waals surface area contributed by atoms with Gasteiger partial charge in [0.1, 0.15) is 0 Å². The topological polar surface area (TPSA) is 50.2 Å². The number of carboxylic acid groups (broad SMARTS) is 1. The summed E-state index contributed by atoms with van der Waals surface area (Å²) < 4.78 is 0. The summed E-state index contributed by atoms with van der Waals surface area (Å²) in [4.78, 5) is 14.5. The van der Waals surface area contributed by atoms with E-state index in [-0.39, 0.29) is 5.92 Å². The van der Waals surface area contributed by atoms with Gasteiger partial charge in [-0.1, -0.05) is 6.92 Å². The highest BCUT2D eigenvalue weighted by Gasteiger charge is 2.10. The fourth-order valence-electron chi connectivity index (χ4n) is 0.849. The highest BCUT2D eigenvalue weighted by Crippen LogP contribution is 2.09. The van der Waals surface area contributed by atoms with Crippen molar-refractivity contribution < 1.29 is 9.90 Å². The van der Waals surface area contributed by atoms with Crippen LogP contribution in [0.15, 0.2) is 10.9 Å². The summed E-state index contributed by atoms with van der Waals surface area (Å²) in [5, 5.41) is 10.5. The van der Waals surface area contributed by atoms with Crippen LogP contribution in [0.1, 0.15) is 19.0 Å². The van der Waals surface area contributed by atoms with Crippen LogP contribution in [0, 0.1) is 5.92 Å². The summed E-state index contributed by atoms with van der Waals surface area (Å²) in [6.45, 7) is 1.72. The average molecular weight is 185 g/mol. The van der Waals surface area contributed by atoms with Crippen LogP contribution in [0.2, 0.25) is 0 Å². The first-order valence-electron chi connectivity index (χ1n) is 3.80. The Morgan fingerprint density at radius 2 is 2.58 bits per heavy atom. The number of carboxylic acids is 1. The zero-order valence-corrected chi connectivity index (χ0v) is 7.67. The number of carbonyl (C=O) groups is 1. The zero-order valence-electron chi connectivity index (χ0n) is 6.86. The summed E-state index contributed by atoms with van der Waals surface area (Å²) in [6, 6.07) is 0. The van der Waals surface area contributed by atoms with Gasteiger partial charge in [0.05, 0.1) is 17.1 Å². The molecular weight excluding hydrogens is 174 g/mol. The van der Waals surface area contributed by atoms with Gasteiger partial charge < -0.3 is 5.11 Å². The number of rotatable bonds is 4. The zero-order chi connectivity index (χ0) is 8.97. The second-order valence-electron chi connectivity index (χ2n) is 2.76. The minimum Gasteiger partial charge on any atom is -0.481 e. The van der Waals surface area contributed by atoms with Crippen LogP contribution in [0.3, 0.4) is 0 Å². The van der Waals surface area contributed by atoms with Crippen molar-refractivity contribution in [1.29, 1.82) is 0 Å². The van der Waals surface area contributed by atoms with E-state index in [9.17, 15) is 4.79 Å². The van der Waals surface area contributed by atoms with Gasteiger partial charge in [-0.05, 0) is 12.8 Å². The number of nitrogens with zero attached hydrogens (tertiary/aromatic N) is 1. The molecule has 1 N–H and O–H groups in total. The van der Waals surface area contributed by atoms with Gasteiger partial charge in [-0.15, -0.1) is 11.3 Å². The SMILES string of the molecule is CC(CCc1cscn1)C(=O)O. The highest BCUT2D eigenvalue weighted by atomic mass is 32.1. The van der Waals surface area contributed by atoms with E-state index in [0.717, 1.165) is 12.1 Å².